The number of rotatable bonds is 3. The molecule has 2 aromatic rings. The molecule has 2 aromatic heterocycles. The predicted octanol–water partition coefficient (Wildman–Crippen LogP) is 3.16. The molecule has 0 aliphatic heterocycles. The highest BCUT2D eigenvalue weighted by molar-refractivity contribution is 5.58. The molecule has 0 aromatic carbocycles. The van der Waals surface area contributed by atoms with Crippen LogP contribution in [0.25, 0.3) is 5.65 Å². The maximum Gasteiger partial charge on any atom is 0.156 e. The van der Waals surface area contributed by atoms with Crippen molar-refractivity contribution in [2.75, 3.05) is 5.73 Å². The molecular weight excluding hydrogens is 222 g/mol. The number of aryl methyl sites for hydroxylation is 1. The van der Waals surface area contributed by atoms with Crippen molar-refractivity contribution >= 4 is 11.5 Å². The number of nitrogens with zero attached hydrogens (tertiary/aromatic N) is 2. The van der Waals surface area contributed by atoms with Crippen LogP contribution in [0.5, 0.6) is 0 Å². The summed E-state index contributed by atoms with van der Waals surface area (Å²) in [6.07, 6.45) is 6.50. The third kappa shape index (κ3) is 2.65. The van der Waals surface area contributed by atoms with Gasteiger partial charge >= 0.3 is 0 Å². The Bertz CT molecular complexity index is 599. The number of hydrogen-bond acceptors (Lipinski definition) is 2. The first kappa shape index (κ1) is 12.5. The molecular formula is C15H19N3. The van der Waals surface area contributed by atoms with Gasteiger partial charge in [0.2, 0.25) is 0 Å². The molecule has 0 atom stereocenters. The first-order valence-electron chi connectivity index (χ1n) is 6.45. The number of pyridine rings is 1. The molecule has 0 aliphatic rings. The molecule has 0 aliphatic carbocycles. The Labute approximate surface area is 108 Å². The van der Waals surface area contributed by atoms with Gasteiger partial charge in [-0.2, -0.15) is 0 Å². The monoisotopic (exact) mass is 241 g/mol. The van der Waals surface area contributed by atoms with Crippen molar-refractivity contribution in [2.24, 2.45) is 0 Å². The van der Waals surface area contributed by atoms with Crippen LogP contribution in [-0.4, -0.2) is 9.38 Å². The van der Waals surface area contributed by atoms with Crippen molar-refractivity contribution in [1.82, 2.24) is 9.38 Å². The molecule has 0 saturated carbocycles. The molecule has 0 amide bonds. The number of fused-ring (bicyclic) bond motifs is 1. The summed E-state index contributed by atoms with van der Waals surface area (Å²) < 4.78 is 1.89. The van der Waals surface area contributed by atoms with Crippen LogP contribution in [0.3, 0.4) is 0 Å². The minimum atomic E-state index is 0.636. The minimum absolute atomic E-state index is 0.636. The fourth-order valence-electron chi connectivity index (χ4n) is 1.87. The van der Waals surface area contributed by atoms with Gasteiger partial charge < -0.3 is 5.73 Å². The average Bonchev–Trinajstić information content (AvgIpc) is 2.67. The van der Waals surface area contributed by atoms with Gasteiger partial charge in [-0.3, -0.25) is 4.40 Å². The molecule has 0 radical (unpaired) electrons. The quantitative estimate of drug-likeness (QED) is 0.662. The van der Waals surface area contributed by atoms with E-state index >= 15 is 0 Å². The Morgan fingerprint density at radius 1 is 1.33 bits per heavy atom. The van der Waals surface area contributed by atoms with Crippen LogP contribution >= 0.6 is 0 Å². The Hall–Kier alpha value is -1.95. The summed E-state index contributed by atoms with van der Waals surface area (Å²) in [5, 5.41) is 0. The molecule has 3 nitrogen and oxygen atoms in total. The highest BCUT2D eigenvalue weighted by Crippen LogP contribution is 2.14. The summed E-state index contributed by atoms with van der Waals surface area (Å²) in [6.45, 7) is 4.23. The van der Waals surface area contributed by atoms with E-state index in [9.17, 15) is 0 Å². The first-order valence-corrected chi connectivity index (χ1v) is 6.45. The maximum absolute atomic E-state index is 6.05. The topological polar surface area (TPSA) is 43.3 Å². The van der Waals surface area contributed by atoms with Crippen molar-refractivity contribution in [1.29, 1.82) is 0 Å². The van der Waals surface area contributed by atoms with Gasteiger partial charge in [-0.05, 0) is 30.9 Å². The lowest BCUT2D eigenvalue weighted by Gasteiger charge is -1.96. The zero-order chi connectivity index (χ0) is 13.0. The molecule has 2 N–H and O–H groups in total. The van der Waals surface area contributed by atoms with Crippen molar-refractivity contribution in [2.45, 2.75) is 39.5 Å². The van der Waals surface area contributed by atoms with Crippen molar-refractivity contribution in [3.63, 3.8) is 0 Å². The Morgan fingerprint density at radius 3 is 2.94 bits per heavy atom. The molecule has 2 heterocycles. The van der Waals surface area contributed by atoms with Crippen LogP contribution in [0.2, 0.25) is 0 Å². The lowest BCUT2D eigenvalue weighted by atomic mass is 10.2. The first-order chi connectivity index (χ1) is 8.72. The standard InChI is InChI=1S/C15H19N3/c1-3-4-5-6-7-8-13-15(16)18-11-12(2)9-10-14(18)17-13/h9-11H,3-6,16H2,1-2H3. The van der Waals surface area contributed by atoms with Gasteiger partial charge in [-0.25, -0.2) is 4.98 Å². The number of anilines is 1. The smallest absolute Gasteiger partial charge is 0.156 e. The Morgan fingerprint density at radius 2 is 2.17 bits per heavy atom. The van der Waals surface area contributed by atoms with Gasteiger partial charge in [0.05, 0.1) is 0 Å². The highest BCUT2D eigenvalue weighted by atomic mass is 15.1. The minimum Gasteiger partial charge on any atom is -0.382 e. The lowest BCUT2D eigenvalue weighted by molar-refractivity contribution is 0.737. The predicted molar refractivity (Wildman–Crippen MR) is 75.4 cm³/mol. The third-order valence-electron chi connectivity index (χ3n) is 2.92. The van der Waals surface area contributed by atoms with Crippen molar-refractivity contribution in [3.8, 4) is 11.8 Å². The second-order valence-electron chi connectivity index (χ2n) is 4.54. The molecule has 0 fully saturated rings. The number of aromatic nitrogens is 2. The number of imidazole rings is 1. The summed E-state index contributed by atoms with van der Waals surface area (Å²) in [6, 6.07) is 3.99. The molecule has 2 rings (SSSR count). The van der Waals surface area contributed by atoms with E-state index in [1.54, 1.807) is 0 Å². The number of unbranched alkanes of at least 4 members (excludes halogenated alkanes) is 3. The molecule has 0 unspecified atom stereocenters. The van der Waals surface area contributed by atoms with E-state index in [4.69, 9.17) is 5.73 Å². The van der Waals surface area contributed by atoms with E-state index < -0.39 is 0 Å². The normalized spacial score (nSPS) is 10.3. The van der Waals surface area contributed by atoms with Crippen LogP contribution < -0.4 is 5.73 Å². The molecule has 0 spiro atoms. The van der Waals surface area contributed by atoms with Crippen LogP contribution in [0.1, 0.15) is 43.9 Å². The largest absolute Gasteiger partial charge is 0.382 e. The Balaban J connectivity index is 2.21. The van der Waals surface area contributed by atoms with Crippen molar-refractivity contribution < 1.29 is 0 Å². The van der Waals surface area contributed by atoms with Gasteiger partial charge in [0.15, 0.2) is 5.69 Å². The fraction of sp³-hybridized carbons (Fsp3) is 0.400. The van der Waals surface area contributed by atoms with Gasteiger partial charge in [-0.15, -0.1) is 0 Å². The summed E-state index contributed by atoms with van der Waals surface area (Å²) >= 11 is 0. The Kier molecular flexibility index (Phi) is 3.88. The van der Waals surface area contributed by atoms with E-state index in [1.165, 1.54) is 12.8 Å². The molecule has 0 saturated heterocycles. The second-order valence-corrected chi connectivity index (χ2v) is 4.54. The van der Waals surface area contributed by atoms with E-state index in [2.05, 4.69) is 23.7 Å². The lowest BCUT2D eigenvalue weighted by Crippen LogP contribution is -1.94. The molecule has 0 bridgehead atoms. The number of hydrogen-bond donors (Lipinski definition) is 1. The summed E-state index contributed by atoms with van der Waals surface area (Å²) in [5.41, 5.74) is 8.76. The van der Waals surface area contributed by atoms with E-state index in [1.807, 2.05) is 29.7 Å². The van der Waals surface area contributed by atoms with Crippen molar-refractivity contribution in [3.05, 3.63) is 29.6 Å². The van der Waals surface area contributed by atoms with Gasteiger partial charge in [0.25, 0.3) is 0 Å². The molecule has 94 valence electrons. The third-order valence-corrected chi connectivity index (χ3v) is 2.92. The van der Waals surface area contributed by atoms with E-state index in [0.29, 0.717) is 11.5 Å². The number of nitrogen functional groups attached to an aromatic ring is 1. The highest BCUT2D eigenvalue weighted by Gasteiger charge is 2.06. The second kappa shape index (κ2) is 5.59. The van der Waals surface area contributed by atoms with E-state index in [0.717, 1.165) is 24.1 Å². The zero-order valence-electron chi connectivity index (χ0n) is 11.0. The zero-order valence-corrected chi connectivity index (χ0v) is 11.0. The van der Waals surface area contributed by atoms with Crippen LogP contribution in [-0.2, 0) is 0 Å². The van der Waals surface area contributed by atoms with Gasteiger partial charge in [0.1, 0.15) is 11.5 Å². The molecule has 3 heteroatoms. The van der Waals surface area contributed by atoms with Crippen LogP contribution in [0, 0.1) is 18.8 Å². The maximum atomic E-state index is 6.05. The summed E-state index contributed by atoms with van der Waals surface area (Å²) in [4.78, 5) is 4.44. The van der Waals surface area contributed by atoms with Gasteiger partial charge in [0, 0.05) is 12.6 Å². The molecule has 18 heavy (non-hydrogen) atoms. The van der Waals surface area contributed by atoms with E-state index in [-0.39, 0.29) is 0 Å². The van der Waals surface area contributed by atoms with Crippen LogP contribution in [0.15, 0.2) is 18.3 Å². The van der Waals surface area contributed by atoms with Gasteiger partial charge in [-0.1, -0.05) is 31.8 Å². The summed E-state index contributed by atoms with van der Waals surface area (Å²) in [7, 11) is 0. The fourth-order valence-corrected chi connectivity index (χ4v) is 1.87. The average molecular weight is 241 g/mol. The summed E-state index contributed by atoms with van der Waals surface area (Å²) in [5.74, 6) is 6.86. The SMILES string of the molecule is CCCCCC#Cc1nc2ccc(C)cn2c1N. The van der Waals surface area contributed by atoms with Crippen LogP contribution in [0.4, 0.5) is 5.82 Å². The number of nitrogens with two attached hydrogens (primary N) is 1.